The summed E-state index contributed by atoms with van der Waals surface area (Å²) in [5.41, 5.74) is 4.79. The molecule has 31 heavy (non-hydrogen) atoms. The van der Waals surface area contributed by atoms with Crippen LogP contribution in [-0.4, -0.2) is 31.7 Å². The van der Waals surface area contributed by atoms with Crippen molar-refractivity contribution in [2.45, 2.75) is 6.42 Å². The van der Waals surface area contributed by atoms with E-state index in [1.807, 2.05) is 42.5 Å². The molecule has 3 aromatic carbocycles. The highest BCUT2D eigenvalue weighted by molar-refractivity contribution is 5.93. The van der Waals surface area contributed by atoms with Crippen LogP contribution in [0.1, 0.15) is 11.1 Å². The van der Waals surface area contributed by atoms with Gasteiger partial charge in [-0.2, -0.15) is 5.10 Å². The Hall–Kier alpha value is -4.13. The Morgan fingerprint density at radius 1 is 0.903 bits per heavy atom. The molecule has 7 nitrogen and oxygen atoms in total. The Morgan fingerprint density at radius 3 is 2.35 bits per heavy atom. The molecule has 0 aliphatic heterocycles. The van der Waals surface area contributed by atoms with Crippen LogP contribution in [-0.2, 0) is 16.0 Å². The Labute approximate surface area is 180 Å². The molecular formula is C24H23N3O4. The largest absolute Gasteiger partial charge is 0.495 e. The van der Waals surface area contributed by atoms with Gasteiger partial charge in [-0.1, -0.05) is 42.5 Å². The monoisotopic (exact) mass is 417 g/mol. The molecule has 0 unspecified atom stereocenters. The molecule has 0 aliphatic carbocycles. The van der Waals surface area contributed by atoms with Crippen LogP contribution in [0, 0.1) is 0 Å². The lowest BCUT2D eigenvalue weighted by Gasteiger charge is -2.10. The first-order valence-electron chi connectivity index (χ1n) is 9.65. The van der Waals surface area contributed by atoms with Crippen LogP contribution >= 0.6 is 0 Å². The van der Waals surface area contributed by atoms with E-state index in [-0.39, 0.29) is 24.8 Å². The van der Waals surface area contributed by atoms with E-state index in [1.54, 1.807) is 49.7 Å². The summed E-state index contributed by atoms with van der Waals surface area (Å²) in [6, 6.07) is 23.6. The quantitative estimate of drug-likeness (QED) is 0.413. The first-order chi connectivity index (χ1) is 15.1. The lowest BCUT2D eigenvalue weighted by atomic mass is 10.1. The van der Waals surface area contributed by atoms with Crippen LogP contribution in [0.15, 0.2) is 84.0 Å². The lowest BCUT2D eigenvalue weighted by Crippen LogP contribution is -2.20. The van der Waals surface area contributed by atoms with E-state index in [4.69, 9.17) is 9.47 Å². The zero-order valence-corrected chi connectivity index (χ0v) is 17.1. The van der Waals surface area contributed by atoms with Crippen molar-refractivity contribution in [3.63, 3.8) is 0 Å². The second-order valence-corrected chi connectivity index (χ2v) is 6.56. The van der Waals surface area contributed by atoms with Gasteiger partial charge in [0.25, 0.3) is 5.91 Å². The summed E-state index contributed by atoms with van der Waals surface area (Å²) >= 11 is 0. The molecule has 3 aromatic rings. The molecule has 0 spiro atoms. The van der Waals surface area contributed by atoms with Crippen molar-refractivity contribution >= 4 is 23.7 Å². The molecule has 0 radical (unpaired) electrons. The summed E-state index contributed by atoms with van der Waals surface area (Å²) in [5.74, 6) is 0.635. The molecule has 7 heteroatoms. The third kappa shape index (κ3) is 7.01. The number of nitrogens with zero attached hydrogens (tertiary/aromatic N) is 1. The van der Waals surface area contributed by atoms with E-state index in [9.17, 15) is 9.59 Å². The van der Waals surface area contributed by atoms with Gasteiger partial charge in [0.15, 0.2) is 6.61 Å². The van der Waals surface area contributed by atoms with Crippen molar-refractivity contribution in [1.29, 1.82) is 0 Å². The van der Waals surface area contributed by atoms with Crippen LogP contribution in [0.2, 0.25) is 0 Å². The second-order valence-electron chi connectivity index (χ2n) is 6.56. The molecule has 3 rings (SSSR count). The van der Waals surface area contributed by atoms with Crippen LogP contribution < -0.4 is 20.2 Å². The second kappa shape index (κ2) is 11.2. The van der Waals surface area contributed by atoms with E-state index in [0.29, 0.717) is 17.2 Å². The predicted octanol–water partition coefficient (Wildman–Crippen LogP) is 3.41. The van der Waals surface area contributed by atoms with Gasteiger partial charge < -0.3 is 14.8 Å². The van der Waals surface area contributed by atoms with Crippen LogP contribution in [0.5, 0.6) is 11.5 Å². The molecule has 0 saturated carbocycles. The molecule has 0 heterocycles. The number of hydrogen-bond donors (Lipinski definition) is 2. The molecular weight excluding hydrogens is 394 g/mol. The van der Waals surface area contributed by atoms with Crippen molar-refractivity contribution in [3.8, 4) is 11.5 Å². The number of amides is 2. The number of para-hydroxylation sites is 2. The normalized spacial score (nSPS) is 10.5. The minimum Gasteiger partial charge on any atom is -0.495 e. The number of rotatable bonds is 9. The topological polar surface area (TPSA) is 89.0 Å². The van der Waals surface area contributed by atoms with Gasteiger partial charge in [-0.05, 0) is 47.5 Å². The number of nitrogens with one attached hydrogen (secondary N) is 2. The highest BCUT2D eigenvalue weighted by atomic mass is 16.5. The SMILES string of the molecule is COc1ccccc1NC(=O)COc1ccc(/C=N/NC(=O)Cc2ccccc2)cc1. The van der Waals surface area contributed by atoms with Gasteiger partial charge in [-0.3, -0.25) is 9.59 Å². The number of methoxy groups -OCH3 is 1. The van der Waals surface area contributed by atoms with Crippen LogP contribution in [0.25, 0.3) is 0 Å². The van der Waals surface area contributed by atoms with E-state index >= 15 is 0 Å². The molecule has 0 fully saturated rings. The average molecular weight is 417 g/mol. The first-order valence-corrected chi connectivity index (χ1v) is 9.65. The standard InChI is InChI=1S/C24H23N3O4/c1-30-22-10-6-5-9-21(22)26-24(29)17-31-20-13-11-19(12-14-20)16-25-27-23(28)15-18-7-3-2-4-8-18/h2-14,16H,15,17H2,1H3,(H,26,29)(H,27,28)/b25-16+. The smallest absolute Gasteiger partial charge is 0.262 e. The Kier molecular flexibility index (Phi) is 7.77. The van der Waals surface area contributed by atoms with Gasteiger partial charge in [0.1, 0.15) is 11.5 Å². The van der Waals surface area contributed by atoms with E-state index in [2.05, 4.69) is 15.8 Å². The van der Waals surface area contributed by atoms with Gasteiger partial charge in [0.2, 0.25) is 5.91 Å². The van der Waals surface area contributed by atoms with Gasteiger partial charge in [0.05, 0.1) is 25.4 Å². The number of benzene rings is 3. The minimum absolute atomic E-state index is 0.138. The van der Waals surface area contributed by atoms with Gasteiger partial charge in [-0.15, -0.1) is 0 Å². The van der Waals surface area contributed by atoms with Crippen molar-refractivity contribution < 1.29 is 19.1 Å². The molecule has 0 atom stereocenters. The van der Waals surface area contributed by atoms with Crippen LogP contribution in [0.4, 0.5) is 5.69 Å². The van der Waals surface area contributed by atoms with E-state index in [1.165, 1.54) is 0 Å². The van der Waals surface area contributed by atoms with Crippen molar-refractivity contribution in [2.75, 3.05) is 19.0 Å². The van der Waals surface area contributed by atoms with E-state index < -0.39 is 0 Å². The van der Waals surface area contributed by atoms with Gasteiger partial charge >= 0.3 is 0 Å². The maximum atomic E-state index is 12.1. The third-order valence-corrected chi connectivity index (χ3v) is 4.24. The number of carbonyl (C=O) groups is 2. The summed E-state index contributed by atoms with van der Waals surface area (Å²) in [4.78, 5) is 24.0. The van der Waals surface area contributed by atoms with Gasteiger partial charge in [-0.25, -0.2) is 5.43 Å². The van der Waals surface area contributed by atoms with E-state index in [0.717, 1.165) is 11.1 Å². The number of carbonyl (C=O) groups excluding carboxylic acids is 2. The Balaban J connectivity index is 1.43. The summed E-state index contributed by atoms with van der Waals surface area (Å²) in [5, 5.41) is 6.71. The highest BCUT2D eigenvalue weighted by Crippen LogP contribution is 2.22. The Morgan fingerprint density at radius 2 is 1.61 bits per heavy atom. The molecule has 0 saturated heterocycles. The zero-order chi connectivity index (χ0) is 21.9. The summed E-state index contributed by atoms with van der Waals surface area (Å²) in [6.07, 6.45) is 1.81. The van der Waals surface area contributed by atoms with Crippen molar-refractivity contribution in [2.24, 2.45) is 5.10 Å². The molecule has 158 valence electrons. The summed E-state index contributed by atoms with van der Waals surface area (Å²) < 4.78 is 10.7. The van der Waals surface area contributed by atoms with Crippen molar-refractivity contribution in [3.05, 3.63) is 90.0 Å². The Bertz CT molecular complexity index is 1030. The average Bonchev–Trinajstić information content (AvgIpc) is 2.79. The molecule has 2 amide bonds. The highest BCUT2D eigenvalue weighted by Gasteiger charge is 2.07. The lowest BCUT2D eigenvalue weighted by molar-refractivity contribution is -0.120. The fourth-order valence-corrected chi connectivity index (χ4v) is 2.73. The number of hydrazone groups is 1. The van der Waals surface area contributed by atoms with Gasteiger partial charge in [0, 0.05) is 0 Å². The third-order valence-electron chi connectivity index (χ3n) is 4.24. The fourth-order valence-electron chi connectivity index (χ4n) is 2.73. The number of anilines is 1. The predicted molar refractivity (Wildman–Crippen MR) is 119 cm³/mol. The number of hydrogen-bond acceptors (Lipinski definition) is 5. The van der Waals surface area contributed by atoms with Crippen molar-refractivity contribution in [1.82, 2.24) is 5.43 Å². The fraction of sp³-hybridized carbons (Fsp3) is 0.125. The molecule has 0 bridgehead atoms. The first kappa shape index (κ1) is 21.6. The zero-order valence-electron chi connectivity index (χ0n) is 17.1. The maximum Gasteiger partial charge on any atom is 0.262 e. The van der Waals surface area contributed by atoms with Crippen LogP contribution in [0.3, 0.4) is 0 Å². The maximum absolute atomic E-state index is 12.1. The number of ether oxygens (including phenoxy) is 2. The molecule has 0 aliphatic rings. The minimum atomic E-state index is -0.295. The summed E-state index contributed by atoms with van der Waals surface area (Å²) in [6.45, 7) is -0.138. The molecule has 0 aromatic heterocycles. The summed E-state index contributed by atoms with van der Waals surface area (Å²) in [7, 11) is 1.54. The molecule has 2 N–H and O–H groups in total.